The third kappa shape index (κ3) is 5.66. The van der Waals surface area contributed by atoms with Gasteiger partial charge < -0.3 is 9.47 Å². The van der Waals surface area contributed by atoms with E-state index in [4.69, 9.17) is 9.47 Å². The fourth-order valence-corrected chi connectivity index (χ4v) is 11.5. The summed E-state index contributed by atoms with van der Waals surface area (Å²) in [5.74, 6) is 0.975. The molecular formula is C35H53O2P. The highest BCUT2D eigenvalue weighted by molar-refractivity contribution is 7.69. The molecule has 38 heavy (non-hydrogen) atoms. The highest BCUT2D eigenvalue weighted by atomic mass is 31.1. The molecule has 2 heterocycles. The Morgan fingerprint density at radius 1 is 0.684 bits per heavy atom. The average Bonchev–Trinajstić information content (AvgIpc) is 2.79. The van der Waals surface area contributed by atoms with Crippen molar-refractivity contribution in [2.24, 2.45) is 5.41 Å². The predicted octanol–water partition coefficient (Wildman–Crippen LogP) is 9.95. The molecule has 2 aliphatic rings. The number of hydrogen-bond donors (Lipinski definition) is 0. The van der Waals surface area contributed by atoms with Crippen molar-refractivity contribution in [2.75, 3.05) is 13.2 Å². The van der Waals surface area contributed by atoms with Gasteiger partial charge in [0.05, 0.1) is 13.2 Å². The molecule has 2 aromatic carbocycles. The van der Waals surface area contributed by atoms with E-state index in [1.165, 1.54) is 27.8 Å². The maximum atomic E-state index is 6.62. The van der Waals surface area contributed by atoms with E-state index in [0.29, 0.717) is 17.8 Å². The van der Waals surface area contributed by atoms with Crippen LogP contribution in [-0.2, 0) is 9.47 Å². The lowest BCUT2D eigenvalue weighted by Gasteiger charge is -2.59. The Morgan fingerprint density at radius 2 is 1.16 bits per heavy atom. The van der Waals surface area contributed by atoms with E-state index < -0.39 is 13.7 Å². The second kappa shape index (κ2) is 10.3. The molecule has 2 fully saturated rings. The Bertz CT molecular complexity index is 1100. The SMILES string of the molecule is CC(C)c1cc(C(C)C)c(-c2ccccc2P2C(C)(C)CC3(CC2(C)C)OCC(C)(C)CO3)c(C(C)C)c1. The summed E-state index contributed by atoms with van der Waals surface area (Å²) >= 11 is 0. The van der Waals surface area contributed by atoms with Gasteiger partial charge in [0.1, 0.15) is 0 Å². The maximum Gasteiger partial charge on any atom is 0.170 e. The monoisotopic (exact) mass is 536 g/mol. The van der Waals surface area contributed by atoms with Gasteiger partial charge in [-0.3, -0.25) is 0 Å². The van der Waals surface area contributed by atoms with Crippen molar-refractivity contribution < 1.29 is 9.47 Å². The Kier molecular flexibility index (Phi) is 8.08. The minimum Gasteiger partial charge on any atom is -0.349 e. The van der Waals surface area contributed by atoms with Gasteiger partial charge in [-0.25, -0.2) is 0 Å². The molecule has 0 radical (unpaired) electrons. The molecule has 0 atom stereocenters. The molecule has 1 spiro atoms. The van der Waals surface area contributed by atoms with Crippen molar-refractivity contribution in [3.63, 3.8) is 0 Å². The quantitative estimate of drug-likeness (QED) is 0.354. The second-order valence-electron chi connectivity index (χ2n) is 15.0. The van der Waals surface area contributed by atoms with Gasteiger partial charge in [-0.05, 0) is 61.2 Å². The summed E-state index contributed by atoms with van der Waals surface area (Å²) in [6.07, 6.45) is 1.89. The van der Waals surface area contributed by atoms with Crippen LogP contribution in [0.1, 0.15) is 130 Å². The molecule has 2 aromatic rings. The first kappa shape index (κ1) is 29.8. The van der Waals surface area contributed by atoms with Crippen LogP contribution < -0.4 is 5.30 Å². The van der Waals surface area contributed by atoms with Crippen LogP contribution in [0.5, 0.6) is 0 Å². The zero-order valence-corrected chi connectivity index (χ0v) is 27.2. The molecule has 0 amide bonds. The molecule has 210 valence electrons. The predicted molar refractivity (Wildman–Crippen MR) is 167 cm³/mol. The molecule has 0 aliphatic carbocycles. The van der Waals surface area contributed by atoms with Gasteiger partial charge in [-0.15, -0.1) is 0 Å². The van der Waals surface area contributed by atoms with Gasteiger partial charge in [0, 0.05) is 18.3 Å². The van der Waals surface area contributed by atoms with Crippen LogP contribution in [-0.4, -0.2) is 29.3 Å². The van der Waals surface area contributed by atoms with E-state index in [-0.39, 0.29) is 15.7 Å². The summed E-state index contributed by atoms with van der Waals surface area (Å²) in [5.41, 5.74) is 7.46. The van der Waals surface area contributed by atoms with Crippen molar-refractivity contribution in [3.8, 4) is 11.1 Å². The van der Waals surface area contributed by atoms with Crippen molar-refractivity contribution in [2.45, 2.75) is 130 Å². The molecule has 3 heteroatoms. The van der Waals surface area contributed by atoms with Crippen LogP contribution in [0, 0.1) is 5.41 Å². The van der Waals surface area contributed by atoms with Crippen LogP contribution >= 0.6 is 7.92 Å². The summed E-state index contributed by atoms with van der Waals surface area (Å²) in [5, 5.41) is 1.69. The first-order valence-corrected chi connectivity index (χ1v) is 16.2. The third-order valence-corrected chi connectivity index (χ3v) is 12.2. The standard InChI is InChI=1S/C35H53O2P/c1-23(2)26-17-28(24(3)4)31(29(18-26)25(5)6)27-15-13-14-16-30(27)38-33(9,10)19-35(20-34(38,11)12)36-21-32(7,8)22-37-35/h13-18,23-25H,19-22H2,1-12H3. The van der Waals surface area contributed by atoms with Gasteiger partial charge in [0.2, 0.25) is 0 Å². The van der Waals surface area contributed by atoms with Crippen molar-refractivity contribution in [1.82, 2.24) is 0 Å². The van der Waals surface area contributed by atoms with E-state index in [0.717, 1.165) is 26.1 Å². The topological polar surface area (TPSA) is 18.5 Å². The molecule has 2 saturated heterocycles. The van der Waals surface area contributed by atoms with Gasteiger partial charge in [0.15, 0.2) is 5.79 Å². The molecule has 4 rings (SSSR count). The first-order valence-electron chi connectivity index (χ1n) is 14.8. The van der Waals surface area contributed by atoms with E-state index in [9.17, 15) is 0 Å². The highest BCUT2D eigenvalue weighted by Crippen LogP contribution is 2.69. The van der Waals surface area contributed by atoms with Crippen molar-refractivity contribution >= 4 is 13.2 Å². The van der Waals surface area contributed by atoms with Crippen molar-refractivity contribution in [1.29, 1.82) is 0 Å². The Balaban J connectivity index is 1.88. The normalized spacial score (nSPS) is 22.5. The summed E-state index contributed by atoms with van der Waals surface area (Å²) in [6.45, 7) is 30.0. The molecule has 0 bridgehead atoms. The summed E-state index contributed by atoms with van der Waals surface area (Å²) in [6, 6.07) is 14.4. The summed E-state index contributed by atoms with van der Waals surface area (Å²) in [4.78, 5) is 0. The lowest BCUT2D eigenvalue weighted by Crippen LogP contribution is -2.58. The molecule has 2 aliphatic heterocycles. The van der Waals surface area contributed by atoms with Gasteiger partial charge in [-0.1, -0.05) is 127 Å². The lowest BCUT2D eigenvalue weighted by molar-refractivity contribution is -0.310. The number of rotatable bonds is 5. The molecule has 0 N–H and O–H groups in total. The van der Waals surface area contributed by atoms with E-state index in [1.54, 1.807) is 5.30 Å². The van der Waals surface area contributed by atoms with Crippen LogP contribution in [0.15, 0.2) is 36.4 Å². The zero-order valence-electron chi connectivity index (χ0n) is 26.3. The van der Waals surface area contributed by atoms with E-state index in [1.807, 2.05) is 0 Å². The minimum absolute atomic E-state index is 0.0720. The fourth-order valence-electron chi connectivity index (χ4n) is 7.10. The molecule has 0 aromatic heterocycles. The van der Waals surface area contributed by atoms with Gasteiger partial charge >= 0.3 is 0 Å². The molecular weight excluding hydrogens is 483 g/mol. The van der Waals surface area contributed by atoms with Crippen molar-refractivity contribution in [3.05, 3.63) is 53.1 Å². The van der Waals surface area contributed by atoms with Crippen LogP contribution in [0.25, 0.3) is 11.1 Å². The minimum atomic E-state index is -0.516. The van der Waals surface area contributed by atoms with Gasteiger partial charge in [0.25, 0.3) is 0 Å². The van der Waals surface area contributed by atoms with E-state index >= 15 is 0 Å². The smallest absolute Gasteiger partial charge is 0.170 e. The zero-order chi connectivity index (χ0) is 28.3. The number of benzene rings is 2. The second-order valence-corrected chi connectivity index (χ2v) is 18.6. The molecule has 2 nitrogen and oxygen atoms in total. The average molecular weight is 537 g/mol. The number of ether oxygens (including phenoxy) is 2. The Morgan fingerprint density at radius 3 is 1.61 bits per heavy atom. The van der Waals surface area contributed by atoms with Crippen LogP contribution in [0.2, 0.25) is 0 Å². The fraction of sp³-hybridized carbons (Fsp3) is 0.657. The Labute approximate surface area is 235 Å². The lowest BCUT2D eigenvalue weighted by atomic mass is 9.82. The van der Waals surface area contributed by atoms with Crippen LogP contribution in [0.4, 0.5) is 0 Å². The maximum absolute atomic E-state index is 6.62. The molecule has 0 unspecified atom stereocenters. The summed E-state index contributed by atoms with van der Waals surface area (Å²) in [7, 11) is -0.516. The van der Waals surface area contributed by atoms with Crippen LogP contribution in [0.3, 0.4) is 0 Å². The van der Waals surface area contributed by atoms with E-state index in [2.05, 4.69) is 119 Å². The third-order valence-electron chi connectivity index (χ3n) is 8.61. The first-order chi connectivity index (χ1) is 17.5. The number of hydrogen-bond acceptors (Lipinski definition) is 2. The largest absolute Gasteiger partial charge is 0.349 e. The van der Waals surface area contributed by atoms with Gasteiger partial charge in [-0.2, -0.15) is 0 Å². The summed E-state index contributed by atoms with van der Waals surface area (Å²) < 4.78 is 13.2. The highest BCUT2D eigenvalue weighted by Gasteiger charge is 2.57. The molecule has 0 saturated carbocycles. The Hall–Kier alpha value is -1.21.